The van der Waals surface area contributed by atoms with Crippen molar-refractivity contribution in [2.45, 2.75) is 26.3 Å². The number of amides is 1. The largest absolute Gasteiger partial charge is 0.452 e. The van der Waals surface area contributed by atoms with Gasteiger partial charge < -0.3 is 15.4 Å². The Balaban J connectivity index is 2.72. The van der Waals surface area contributed by atoms with Crippen molar-refractivity contribution in [1.29, 1.82) is 0 Å². The lowest BCUT2D eigenvalue weighted by molar-refractivity contribution is -0.384. The topological polar surface area (TPSA) is 111 Å². The number of rotatable bonds is 7. The minimum atomic E-state index is -0.787. The number of carbonyl (C=O) groups excluding carboxylic acids is 2. The second kappa shape index (κ2) is 7.96. The van der Waals surface area contributed by atoms with Crippen LogP contribution in [-0.2, 0) is 9.53 Å². The number of nitrogens with zero attached hydrogens (tertiary/aromatic N) is 1. The van der Waals surface area contributed by atoms with E-state index in [1.807, 2.05) is 13.8 Å². The summed E-state index contributed by atoms with van der Waals surface area (Å²) in [4.78, 5) is 33.7. The fourth-order valence-corrected chi connectivity index (χ4v) is 1.65. The van der Waals surface area contributed by atoms with Crippen LogP contribution in [0.15, 0.2) is 18.2 Å². The van der Waals surface area contributed by atoms with Gasteiger partial charge in [0.15, 0.2) is 6.61 Å². The molecule has 2 N–H and O–H groups in total. The van der Waals surface area contributed by atoms with E-state index in [-0.39, 0.29) is 23.0 Å². The highest BCUT2D eigenvalue weighted by Gasteiger charge is 2.18. The third-order valence-electron chi connectivity index (χ3n) is 3.05. The molecule has 1 aromatic rings. The zero-order valence-electron chi connectivity index (χ0n) is 12.7. The molecule has 8 nitrogen and oxygen atoms in total. The summed E-state index contributed by atoms with van der Waals surface area (Å²) < 4.78 is 4.85. The first-order valence-corrected chi connectivity index (χ1v) is 6.81. The van der Waals surface area contributed by atoms with Crippen molar-refractivity contribution >= 4 is 23.3 Å². The summed E-state index contributed by atoms with van der Waals surface area (Å²) >= 11 is 0. The molecule has 22 heavy (non-hydrogen) atoms. The molecular weight excluding hydrogens is 290 g/mol. The molecule has 0 spiro atoms. The van der Waals surface area contributed by atoms with E-state index in [4.69, 9.17) is 4.74 Å². The summed E-state index contributed by atoms with van der Waals surface area (Å²) in [6.45, 7) is 3.32. The minimum Gasteiger partial charge on any atom is -0.452 e. The summed E-state index contributed by atoms with van der Waals surface area (Å²) in [6, 6.07) is 3.91. The lowest BCUT2D eigenvalue weighted by Gasteiger charge is -2.11. The standard InChI is InChI=1S/C14H19N3O5/c1-4-9(2)16-13(18)8-22-14(19)10-5-6-11(15-3)12(7-10)17(20)21/h5-7,9,15H,4,8H2,1-3H3,(H,16,18). The zero-order chi connectivity index (χ0) is 16.7. The van der Waals surface area contributed by atoms with Crippen molar-refractivity contribution in [3.63, 3.8) is 0 Å². The third-order valence-corrected chi connectivity index (χ3v) is 3.05. The molecule has 0 saturated carbocycles. The molecule has 0 fully saturated rings. The van der Waals surface area contributed by atoms with E-state index < -0.39 is 23.4 Å². The average Bonchev–Trinajstić information content (AvgIpc) is 2.51. The number of hydrogen-bond acceptors (Lipinski definition) is 6. The SMILES string of the molecule is CCC(C)NC(=O)COC(=O)c1ccc(NC)c([N+](=O)[O-])c1. The molecule has 0 aromatic heterocycles. The predicted octanol–water partition coefficient (Wildman–Crippen LogP) is 1.71. The van der Waals surface area contributed by atoms with Gasteiger partial charge in [0.25, 0.3) is 11.6 Å². The van der Waals surface area contributed by atoms with E-state index in [2.05, 4.69) is 10.6 Å². The van der Waals surface area contributed by atoms with Crippen molar-refractivity contribution < 1.29 is 19.2 Å². The Morgan fingerprint density at radius 3 is 2.64 bits per heavy atom. The Bertz CT molecular complexity index is 574. The highest BCUT2D eigenvalue weighted by molar-refractivity contribution is 5.93. The monoisotopic (exact) mass is 309 g/mol. The number of carbonyl (C=O) groups is 2. The van der Waals surface area contributed by atoms with E-state index in [1.54, 1.807) is 7.05 Å². The van der Waals surface area contributed by atoms with Gasteiger partial charge >= 0.3 is 5.97 Å². The quantitative estimate of drug-likeness (QED) is 0.450. The Morgan fingerprint density at radius 1 is 1.41 bits per heavy atom. The van der Waals surface area contributed by atoms with E-state index in [0.29, 0.717) is 0 Å². The van der Waals surface area contributed by atoms with Crippen LogP contribution in [0, 0.1) is 10.1 Å². The summed E-state index contributed by atoms with van der Waals surface area (Å²) in [7, 11) is 1.54. The van der Waals surface area contributed by atoms with Crippen LogP contribution >= 0.6 is 0 Å². The van der Waals surface area contributed by atoms with E-state index in [0.717, 1.165) is 12.5 Å². The highest BCUT2D eigenvalue weighted by atomic mass is 16.6. The van der Waals surface area contributed by atoms with Crippen LogP contribution in [0.3, 0.4) is 0 Å². The van der Waals surface area contributed by atoms with E-state index in [9.17, 15) is 19.7 Å². The predicted molar refractivity (Wildman–Crippen MR) is 80.8 cm³/mol. The first kappa shape index (κ1) is 17.4. The van der Waals surface area contributed by atoms with Crippen LogP contribution in [0.1, 0.15) is 30.6 Å². The molecule has 0 heterocycles. The van der Waals surface area contributed by atoms with Crippen molar-refractivity contribution in [3.05, 3.63) is 33.9 Å². The number of ether oxygens (including phenoxy) is 1. The van der Waals surface area contributed by atoms with Gasteiger partial charge in [0, 0.05) is 19.2 Å². The second-order valence-electron chi connectivity index (χ2n) is 4.69. The molecular formula is C14H19N3O5. The Labute approximate surface area is 128 Å². The van der Waals surface area contributed by atoms with Gasteiger partial charge in [-0.25, -0.2) is 4.79 Å². The average molecular weight is 309 g/mol. The van der Waals surface area contributed by atoms with Gasteiger partial charge in [-0.3, -0.25) is 14.9 Å². The third kappa shape index (κ3) is 4.72. The molecule has 1 atom stereocenters. The number of esters is 1. The molecule has 0 radical (unpaired) electrons. The molecule has 1 aromatic carbocycles. The summed E-state index contributed by atoms with van der Waals surface area (Å²) in [6.07, 6.45) is 0.761. The maximum Gasteiger partial charge on any atom is 0.338 e. The Hall–Kier alpha value is -2.64. The van der Waals surface area contributed by atoms with E-state index >= 15 is 0 Å². The minimum absolute atomic E-state index is 0.0119. The molecule has 1 amide bonds. The smallest absolute Gasteiger partial charge is 0.338 e. The van der Waals surface area contributed by atoms with E-state index in [1.165, 1.54) is 12.1 Å². The molecule has 1 unspecified atom stereocenters. The normalized spacial score (nSPS) is 11.4. The summed E-state index contributed by atoms with van der Waals surface area (Å²) in [5.41, 5.74) is 0.0686. The van der Waals surface area contributed by atoms with Gasteiger partial charge in [-0.2, -0.15) is 0 Å². The first-order chi connectivity index (χ1) is 10.4. The Kier molecular flexibility index (Phi) is 6.30. The molecule has 0 saturated heterocycles. The number of nitro groups is 1. The van der Waals surface area contributed by atoms with Gasteiger partial charge in [0.05, 0.1) is 10.5 Å². The molecule has 1 rings (SSSR count). The second-order valence-corrected chi connectivity index (χ2v) is 4.69. The lowest BCUT2D eigenvalue weighted by atomic mass is 10.1. The molecule has 0 bridgehead atoms. The molecule has 8 heteroatoms. The van der Waals surface area contributed by atoms with Gasteiger partial charge in [-0.15, -0.1) is 0 Å². The van der Waals surface area contributed by atoms with Crippen LogP contribution in [0.2, 0.25) is 0 Å². The molecule has 120 valence electrons. The van der Waals surface area contributed by atoms with Crippen molar-refractivity contribution in [1.82, 2.24) is 5.32 Å². The maximum absolute atomic E-state index is 11.8. The lowest BCUT2D eigenvalue weighted by Crippen LogP contribution is -2.35. The fraction of sp³-hybridized carbons (Fsp3) is 0.429. The van der Waals surface area contributed by atoms with Crippen LogP contribution in [-0.4, -0.2) is 36.5 Å². The maximum atomic E-state index is 11.8. The number of nitro benzene ring substituents is 1. The first-order valence-electron chi connectivity index (χ1n) is 6.81. The number of benzene rings is 1. The van der Waals surface area contributed by atoms with Crippen LogP contribution in [0.5, 0.6) is 0 Å². The van der Waals surface area contributed by atoms with Crippen molar-refractivity contribution in [2.24, 2.45) is 0 Å². The molecule has 0 aliphatic carbocycles. The summed E-state index contributed by atoms with van der Waals surface area (Å²) in [5, 5.41) is 16.2. The number of nitrogens with one attached hydrogen (secondary N) is 2. The number of hydrogen-bond donors (Lipinski definition) is 2. The van der Waals surface area contributed by atoms with Gasteiger partial charge in [0.2, 0.25) is 0 Å². The highest BCUT2D eigenvalue weighted by Crippen LogP contribution is 2.25. The molecule has 0 aliphatic heterocycles. The van der Waals surface area contributed by atoms with Crippen molar-refractivity contribution in [2.75, 3.05) is 19.0 Å². The zero-order valence-corrected chi connectivity index (χ0v) is 12.7. The van der Waals surface area contributed by atoms with Crippen LogP contribution in [0.25, 0.3) is 0 Å². The van der Waals surface area contributed by atoms with Crippen LogP contribution < -0.4 is 10.6 Å². The van der Waals surface area contributed by atoms with Gasteiger partial charge in [-0.05, 0) is 25.5 Å². The molecule has 0 aliphatic rings. The van der Waals surface area contributed by atoms with Crippen LogP contribution in [0.4, 0.5) is 11.4 Å². The number of anilines is 1. The van der Waals surface area contributed by atoms with Crippen molar-refractivity contribution in [3.8, 4) is 0 Å². The Morgan fingerprint density at radius 2 is 2.09 bits per heavy atom. The summed E-state index contributed by atoms with van der Waals surface area (Å²) in [5.74, 6) is -1.20. The fourth-order valence-electron chi connectivity index (χ4n) is 1.65. The van der Waals surface area contributed by atoms with Gasteiger partial charge in [-0.1, -0.05) is 6.92 Å². The van der Waals surface area contributed by atoms with Gasteiger partial charge in [0.1, 0.15) is 5.69 Å².